The van der Waals surface area contributed by atoms with Gasteiger partial charge in [0.1, 0.15) is 17.5 Å². The molecule has 0 saturated heterocycles. The average molecular weight is 295 g/mol. The van der Waals surface area contributed by atoms with E-state index < -0.39 is 5.60 Å². The lowest BCUT2D eigenvalue weighted by molar-refractivity contribution is 0.0874. The lowest BCUT2D eigenvalue weighted by atomic mass is 9.95. The number of aliphatic hydroxyl groups is 1. The minimum atomic E-state index is -0.800. The standard InChI is InChI=1S/C15H29N5O/c1-8-20(9-15(6,7)21)12-10(2)11(19-16)17-13(18-12)14(3,4)5/h21H,8-9,16H2,1-7H3,(H,17,18,19). The SMILES string of the molecule is CCN(CC(C)(C)O)c1nc(C(C)(C)C)nc(NN)c1C. The maximum atomic E-state index is 10.1. The van der Waals surface area contributed by atoms with Gasteiger partial charge < -0.3 is 15.4 Å². The van der Waals surface area contributed by atoms with Gasteiger partial charge in [-0.15, -0.1) is 0 Å². The highest BCUT2D eigenvalue weighted by atomic mass is 16.3. The molecule has 0 radical (unpaired) electrons. The molecular formula is C15H29N5O. The molecule has 120 valence electrons. The van der Waals surface area contributed by atoms with E-state index in [1.165, 1.54) is 0 Å². The molecule has 0 aliphatic rings. The summed E-state index contributed by atoms with van der Waals surface area (Å²) in [6, 6.07) is 0. The first kappa shape index (κ1) is 17.7. The lowest BCUT2D eigenvalue weighted by Crippen LogP contribution is -2.40. The number of nitrogen functional groups attached to an aromatic ring is 1. The van der Waals surface area contributed by atoms with Gasteiger partial charge in [-0.05, 0) is 27.7 Å². The quantitative estimate of drug-likeness (QED) is 0.568. The predicted molar refractivity (Wildman–Crippen MR) is 87.5 cm³/mol. The molecule has 1 heterocycles. The highest BCUT2D eigenvalue weighted by Crippen LogP contribution is 2.28. The van der Waals surface area contributed by atoms with Crippen molar-refractivity contribution in [2.24, 2.45) is 5.84 Å². The highest BCUT2D eigenvalue weighted by Gasteiger charge is 2.25. The Morgan fingerprint density at radius 2 is 1.76 bits per heavy atom. The van der Waals surface area contributed by atoms with E-state index in [0.717, 1.165) is 23.8 Å². The summed E-state index contributed by atoms with van der Waals surface area (Å²) < 4.78 is 0. The molecule has 0 saturated carbocycles. The highest BCUT2D eigenvalue weighted by molar-refractivity contribution is 5.58. The molecule has 6 nitrogen and oxygen atoms in total. The number of hydrogen-bond donors (Lipinski definition) is 3. The molecule has 6 heteroatoms. The molecule has 1 aromatic rings. The summed E-state index contributed by atoms with van der Waals surface area (Å²) in [5, 5.41) is 10.1. The van der Waals surface area contributed by atoms with Crippen molar-refractivity contribution < 1.29 is 5.11 Å². The minimum absolute atomic E-state index is 0.178. The fourth-order valence-corrected chi connectivity index (χ4v) is 2.09. The average Bonchev–Trinajstić information content (AvgIpc) is 2.34. The van der Waals surface area contributed by atoms with Crippen LogP contribution in [0.4, 0.5) is 11.6 Å². The molecule has 1 aromatic heterocycles. The van der Waals surface area contributed by atoms with Crippen molar-refractivity contribution in [3.8, 4) is 0 Å². The molecular weight excluding hydrogens is 266 g/mol. The summed E-state index contributed by atoms with van der Waals surface area (Å²) in [6.07, 6.45) is 0. The van der Waals surface area contributed by atoms with E-state index in [-0.39, 0.29) is 5.41 Å². The van der Waals surface area contributed by atoms with Crippen LogP contribution < -0.4 is 16.2 Å². The van der Waals surface area contributed by atoms with Gasteiger partial charge >= 0.3 is 0 Å². The molecule has 0 amide bonds. The summed E-state index contributed by atoms with van der Waals surface area (Å²) >= 11 is 0. The zero-order chi connectivity index (χ0) is 16.4. The Balaban J connectivity index is 3.38. The van der Waals surface area contributed by atoms with Crippen molar-refractivity contribution in [2.75, 3.05) is 23.4 Å². The third kappa shape index (κ3) is 4.54. The second-order valence-electron chi connectivity index (χ2n) is 7.07. The maximum absolute atomic E-state index is 10.1. The van der Waals surface area contributed by atoms with E-state index in [1.807, 2.05) is 18.7 Å². The number of likely N-dealkylation sites (N-methyl/N-ethyl adjacent to an activating group) is 1. The molecule has 0 aliphatic carbocycles. The summed E-state index contributed by atoms with van der Waals surface area (Å²) in [4.78, 5) is 11.3. The van der Waals surface area contributed by atoms with E-state index in [9.17, 15) is 5.11 Å². The van der Waals surface area contributed by atoms with E-state index in [4.69, 9.17) is 10.8 Å². The van der Waals surface area contributed by atoms with Crippen LogP contribution in [0.1, 0.15) is 52.9 Å². The van der Waals surface area contributed by atoms with Crippen LogP contribution in [0.25, 0.3) is 0 Å². The molecule has 0 aliphatic heterocycles. The zero-order valence-corrected chi connectivity index (χ0v) is 14.3. The van der Waals surface area contributed by atoms with Gasteiger partial charge in [-0.3, -0.25) is 0 Å². The topological polar surface area (TPSA) is 87.3 Å². The summed E-state index contributed by atoms with van der Waals surface area (Å²) in [5.74, 6) is 7.76. The molecule has 0 bridgehead atoms. The molecule has 1 rings (SSSR count). The van der Waals surface area contributed by atoms with Crippen LogP contribution in [0.2, 0.25) is 0 Å². The van der Waals surface area contributed by atoms with Gasteiger partial charge in [0.05, 0.1) is 5.60 Å². The first-order valence-electron chi connectivity index (χ1n) is 7.32. The first-order chi connectivity index (χ1) is 9.49. The van der Waals surface area contributed by atoms with E-state index in [0.29, 0.717) is 12.4 Å². The largest absolute Gasteiger partial charge is 0.389 e. The number of nitrogens with zero attached hydrogens (tertiary/aromatic N) is 3. The minimum Gasteiger partial charge on any atom is -0.389 e. The Bertz CT molecular complexity index is 488. The van der Waals surface area contributed by atoms with Crippen molar-refractivity contribution >= 4 is 11.6 Å². The number of nitrogens with one attached hydrogen (secondary N) is 1. The Labute approximate surface area is 127 Å². The maximum Gasteiger partial charge on any atom is 0.148 e. The Kier molecular flexibility index (Phi) is 5.17. The van der Waals surface area contributed by atoms with Crippen molar-refractivity contribution in [1.29, 1.82) is 0 Å². The van der Waals surface area contributed by atoms with Gasteiger partial charge in [0.15, 0.2) is 0 Å². The second-order valence-corrected chi connectivity index (χ2v) is 7.07. The number of hydrogen-bond acceptors (Lipinski definition) is 6. The van der Waals surface area contributed by atoms with E-state index in [1.54, 1.807) is 13.8 Å². The Morgan fingerprint density at radius 1 is 1.19 bits per heavy atom. The van der Waals surface area contributed by atoms with Gasteiger partial charge in [0.2, 0.25) is 0 Å². The van der Waals surface area contributed by atoms with Gasteiger partial charge in [-0.2, -0.15) is 0 Å². The van der Waals surface area contributed by atoms with Crippen LogP contribution in [-0.2, 0) is 5.41 Å². The number of hydrazine groups is 1. The number of nitrogens with two attached hydrogens (primary N) is 1. The van der Waals surface area contributed by atoms with Crippen LogP contribution in [-0.4, -0.2) is 33.8 Å². The molecule has 0 aromatic carbocycles. The van der Waals surface area contributed by atoms with Crippen LogP contribution in [0.15, 0.2) is 0 Å². The summed E-state index contributed by atoms with van der Waals surface area (Å²) in [7, 11) is 0. The van der Waals surface area contributed by atoms with Crippen LogP contribution in [0, 0.1) is 6.92 Å². The zero-order valence-electron chi connectivity index (χ0n) is 14.3. The van der Waals surface area contributed by atoms with Crippen LogP contribution in [0.5, 0.6) is 0 Å². The fraction of sp³-hybridized carbons (Fsp3) is 0.733. The number of aromatic nitrogens is 2. The molecule has 4 N–H and O–H groups in total. The predicted octanol–water partition coefficient (Wildman–Crippen LogP) is 1.97. The fourth-order valence-electron chi connectivity index (χ4n) is 2.09. The van der Waals surface area contributed by atoms with Gasteiger partial charge in [-0.1, -0.05) is 20.8 Å². The second kappa shape index (κ2) is 6.15. The van der Waals surface area contributed by atoms with Crippen molar-refractivity contribution in [1.82, 2.24) is 9.97 Å². The lowest BCUT2D eigenvalue weighted by Gasteiger charge is -2.31. The number of rotatable bonds is 5. The molecule has 21 heavy (non-hydrogen) atoms. The third-order valence-electron chi connectivity index (χ3n) is 3.19. The van der Waals surface area contributed by atoms with Gasteiger partial charge in [0.25, 0.3) is 0 Å². The molecule has 0 spiro atoms. The van der Waals surface area contributed by atoms with Gasteiger partial charge in [-0.25, -0.2) is 15.8 Å². The molecule has 0 unspecified atom stereocenters. The van der Waals surface area contributed by atoms with Crippen molar-refractivity contribution in [2.45, 2.75) is 59.5 Å². The summed E-state index contributed by atoms with van der Waals surface area (Å²) in [5.41, 5.74) is 2.56. The van der Waals surface area contributed by atoms with Crippen molar-refractivity contribution in [3.63, 3.8) is 0 Å². The monoisotopic (exact) mass is 295 g/mol. The third-order valence-corrected chi connectivity index (χ3v) is 3.19. The van der Waals surface area contributed by atoms with Crippen LogP contribution in [0.3, 0.4) is 0 Å². The Morgan fingerprint density at radius 3 is 2.14 bits per heavy atom. The summed E-state index contributed by atoms with van der Waals surface area (Å²) in [6.45, 7) is 15.0. The Hall–Kier alpha value is -1.40. The first-order valence-corrected chi connectivity index (χ1v) is 7.32. The van der Waals surface area contributed by atoms with E-state index in [2.05, 4.69) is 31.2 Å². The van der Waals surface area contributed by atoms with Crippen LogP contribution >= 0.6 is 0 Å². The molecule has 0 fully saturated rings. The van der Waals surface area contributed by atoms with E-state index >= 15 is 0 Å². The smallest absolute Gasteiger partial charge is 0.148 e. The number of anilines is 2. The van der Waals surface area contributed by atoms with Crippen molar-refractivity contribution in [3.05, 3.63) is 11.4 Å². The normalized spacial score (nSPS) is 12.4. The van der Waals surface area contributed by atoms with Gasteiger partial charge in [0, 0.05) is 24.1 Å². The molecule has 0 atom stereocenters.